The van der Waals surface area contributed by atoms with Gasteiger partial charge >= 0.3 is 0 Å². The van der Waals surface area contributed by atoms with Gasteiger partial charge in [-0.1, -0.05) is 12.1 Å². The minimum absolute atomic E-state index is 0.177. The molecule has 5 nitrogen and oxygen atoms in total. The Balaban J connectivity index is 1.92. The molecule has 1 N–H and O–H groups in total. The summed E-state index contributed by atoms with van der Waals surface area (Å²) >= 11 is 1.31. The zero-order valence-corrected chi connectivity index (χ0v) is 15.9. The average Bonchev–Trinajstić information content (AvgIpc) is 2.98. The molecule has 0 bridgehead atoms. The standard InChI is InChI=1S/C20H20N2O3S/c1-12-6-5-7-16(13(12)2)21-20-22-19(23)18(26-20)11-14-10-15(24-3)8-9-17(14)25-4/h5-11H,1-4H3,(H,21,22,23)/b18-11+. The quantitative estimate of drug-likeness (QED) is 0.821. The van der Waals surface area contributed by atoms with Crippen molar-refractivity contribution in [2.45, 2.75) is 13.8 Å². The second-order valence-electron chi connectivity index (χ2n) is 5.81. The van der Waals surface area contributed by atoms with Crippen LogP contribution in [0.1, 0.15) is 16.7 Å². The van der Waals surface area contributed by atoms with E-state index in [4.69, 9.17) is 9.47 Å². The highest BCUT2D eigenvalue weighted by atomic mass is 32.2. The normalized spacial score (nSPS) is 16.8. The molecule has 3 rings (SSSR count). The first-order chi connectivity index (χ1) is 12.5. The van der Waals surface area contributed by atoms with Gasteiger partial charge in [-0.3, -0.25) is 4.79 Å². The first kappa shape index (κ1) is 18.1. The van der Waals surface area contributed by atoms with E-state index >= 15 is 0 Å². The Morgan fingerprint density at radius 2 is 1.92 bits per heavy atom. The van der Waals surface area contributed by atoms with Crippen molar-refractivity contribution >= 4 is 34.6 Å². The number of amidine groups is 1. The Morgan fingerprint density at radius 1 is 1.12 bits per heavy atom. The number of nitrogens with zero attached hydrogens (tertiary/aromatic N) is 1. The predicted molar refractivity (Wildman–Crippen MR) is 106 cm³/mol. The van der Waals surface area contributed by atoms with Crippen LogP contribution in [0.5, 0.6) is 11.5 Å². The maximum absolute atomic E-state index is 12.3. The third kappa shape index (κ3) is 3.75. The van der Waals surface area contributed by atoms with E-state index in [1.807, 2.05) is 50.2 Å². The first-order valence-electron chi connectivity index (χ1n) is 8.09. The number of carbonyl (C=O) groups excluding carboxylic acids is 1. The Morgan fingerprint density at radius 3 is 2.65 bits per heavy atom. The fraction of sp³-hybridized carbons (Fsp3) is 0.200. The second-order valence-corrected chi connectivity index (χ2v) is 6.84. The van der Waals surface area contributed by atoms with Gasteiger partial charge in [-0.05, 0) is 67.1 Å². The van der Waals surface area contributed by atoms with E-state index < -0.39 is 0 Å². The first-order valence-corrected chi connectivity index (χ1v) is 8.91. The summed E-state index contributed by atoms with van der Waals surface area (Å²) in [5, 5.41) is 3.39. The molecular weight excluding hydrogens is 348 g/mol. The van der Waals surface area contributed by atoms with Gasteiger partial charge in [-0.2, -0.15) is 0 Å². The van der Waals surface area contributed by atoms with E-state index in [-0.39, 0.29) is 5.91 Å². The molecule has 26 heavy (non-hydrogen) atoms. The number of aliphatic imine (C=N–C) groups is 1. The molecule has 0 unspecified atom stereocenters. The van der Waals surface area contributed by atoms with Crippen molar-refractivity contribution in [1.82, 2.24) is 5.32 Å². The van der Waals surface area contributed by atoms with Crippen LogP contribution in [0, 0.1) is 13.8 Å². The second kappa shape index (κ2) is 7.66. The van der Waals surface area contributed by atoms with Crippen LogP contribution in [-0.2, 0) is 4.79 Å². The number of ether oxygens (including phenoxy) is 2. The van der Waals surface area contributed by atoms with Gasteiger partial charge in [0.1, 0.15) is 11.5 Å². The molecule has 0 radical (unpaired) electrons. The molecule has 1 fully saturated rings. The lowest BCUT2D eigenvalue weighted by Gasteiger charge is -2.07. The highest BCUT2D eigenvalue weighted by molar-refractivity contribution is 8.18. The summed E-state index contributed by atoms with van der Waals surface area (Å²) < 4.78 is 10.6. The summed E-state index contributed by atoms with van der Waals surface area (Å²) in [7, 11) is 3.20. The van der Waals surface area contributed by atoms with E-state index in [0.717, 1.165) is 22.4 Å². The third-order valence-electron chi connectivity index (χ3n) is 4.17. The number of nitrogens with one attached hydrogen (secondary N) is 1. The van der Waals surface area contributed by atoms with Crippen LogP contribution in [0.25, 0.3) is 6.08 Å². The molecule has 2 aromatic carbocycles. The minimum Gasteiger partial charge on any atom is -0.497 e. The predicted octanol–water partition coefficient (Wildman–Crippen LogP) is 4.21. The maximum Gasteiger partial charge on any atom is 0.264 e. The number of methoxy groups -OCH3 is 2. The molecule has 1 amide bonds. The third-order valence-corrected chi connectivity index (χ3v) is 5.08. The number of hydrogen-bond donors (Lipinski definition) is 1. The van der Waals surface area contributed by atoms with Crippen LogP contribution in [0.3, 0.4) is 0 Å². The van der Waals surface area contributed by atoms with Crippen molar-refractivity contribution in [2.24, 2.45) is 4.99 Å². The molecule has 0 spiro atoms. The van der Waals surface area contributed by atoms with Gasteiger partial charge in [0.25, 0.3) is 5.91 Å². The summed E-state index contributed by atoms with van der Waals surface area (Å²) in [6.45, 7) is 4.06. The van der Waals surface area contributed by atoms with Gasteiger partial charge in [0.15, 0.2) is 5.17 Å². The fourth-order valence-corrected chi connectivity index (χ4v) is 3.37. The number of benzene rings is 2. The van der Waals surface area contributed by atoms with E-state index in [0.29, 0.717) is 21.6 Å². The number of amides is 1. The summed E-state index contributed by atoms with van der Waals surface area (Å²) in [6.07, 6.45) is 1.78. The van der Waals surface area contributed by atoms with Gasteiger partial charge in [-0.25, -0.2) is 4.99 Å². The van der Waals surface area contributed by atoms with Gasteiger partial charge in [0.05, 0.1) is 24.8 Å². The number of thioether (sulfide) groups is 1. The zero-order chi connectivity index (χ0) is 18.7. The lowest BCUT2D eigenvalue weighted by molar-refractivity contribution is -0.115. The highest BCUT2D eigenvalue weighted by Gasteiger charge is 2.24. The maximum atomic E-state index is 12.3. The molecule has 134 valence electrons. The van der Waals surface area contributed by atoms with Gasteiger partial charge in [0.2, 0.25) is 0 Å². The SMILES string of the molecule is COc1ccc(OC)c(/C=C2/SC(=Nc3cccc(C)c3C)NC2=O)c1. The van der Waals surface area contributed by atoms with Crippen LogP contribution < -0.4 is 14.8 Å². The fourth-order valence-electron chi connectivity index (χ4n) is 2.54. The average molecular weight is 368 g/mol. The minimum atomic E-state index is -0.177. The lowest BCUT2D eigenvalue weighted by Crippen LogP contribution is -2.19. The Kier molecular flexibility index (Phi) is 5.32. The molecule has 6 heteroatoms. The molecule has 0 saturated carbocycles. The highest BCUT2D eigenvalue weighted by Crippen LogP contribution is 2.33. The molecular formula is C20H20N2O3S. The molecule has 1 aliphatic rings. The number of carbonyl (C=O) groups is 1. The lowest BCUT2D eigenvalue weighted by atomic mass is 10.1. The monoisotopic (exact) mass is 368 g/mol. The number of hydrogen-bond acceptors (Lipinski definition) is 5. The topological polar surface area (TPSA) is 59.9 Å². The van der Waals surface area contributed by atoms with Gasteiger partial charge in [-0.15, -0.1) is 0 Å². The zero-order valence-electron chi connectivity index (χ0n) is 15.1. The molecule has 0 aliphatic carbocycles. The molecule has 0 atom stereocenters. The van der Waals surface area contributed by atoms with Crippen molar-refractivity contribution < 1.29 is 14.3 Å². The van der Waals surface area contributed by atoms with E-state index in [1.54, 1.807) is 20.3 Å². The molecule has 2 aromatic rings. The van der Waals surface area contributed by atoms with Crippen LogP contribution in [0.15, 0.2) is 46.3 Å². The Bertz CT molecular complexity index is 919. The van der Waals surface area contributed by atoms with Crippen LogP contribution in [0.4, 0.5) is 5.69 Å². The van der Waals surface area contributed by atoms with E-state index in [1.165, 1.54) is 11.8 Å². The molecule has 0 aromatic heterocycles. The summed E-state index contributed by atoms with van der Waals surface area (Å²) in [5.74, 6) is 1.20. The Hall–Kier alpha value is -2.73. The Labute approximate surface area is 157 Å². The van der Waals surface area contributed by atoms with Crippen LogP contribution in [-0.4, -0.2) is 25.3 Å². The van der Waals surface area contributed by atoms with Crippen molar-refractivity contribution in [3.63, 3.8) is 0 Å². The van der Waals surface area contributed by atoms with Gasteiger partial charge < -0.3 is 14.8 Å². The van der Waals surface area contributed by atoms with Crippen molar-refractivity contribution in [1.29, 1.82) is 0 Å². The summed E-state index contributed by atoms with van der Waals surface area (Å²) in [5.41, 5.74) is 3.89. The van der Waals surface area contributed by atoms with Crippen molar-refractivity contribution in [3.8, 4) is 11.5 Å². The van der Waals surface area contributed by atoms with Crippen LogP contribution >= 0.6 is 11.8 Å². The largest absolute Gasteiger partial charge is 0.497 e. The van der Waals surface area contributed by atoms with Crippen molar-refractivity contribution in [2.75, 3.05) is 14.2 Å². The smallest absolute Gasteiger partial charge is 0.264 e. The van der Waals surface area contributed by atoms with E-state index in [9.17, 15) is 4.79 Å². The summed E-state index contributed by atoms with van der Waals surface area (Å²) in [6, 6.07) is 11.4. The number of aryl methyl sites for hydroxylation is 1. The van der Waals surface area contributed by atoms with E-state index in [2.05, 4.69) is 10.3 Å². The summed E-state index contributed by atoms with van der Waals surface area (Å²) in [4.78, 5) is 17.5. The molecule has 1 saturated heterocycles. The van der Waals surface area contributed by atoms with Gasteiger partial charge in [0, 0.05) is 5.56 Å². The molecule has 1 aliphatic heterocycles. The number of rotatable bonds is 4. The molecule has 1 heterocycles. The van der Waals surface area contributed by atoms with Crippen LogP contribution in [0.2, 0.25) is 0 Å². The van der Waals surface area contributed by atoms with Crippen molar-refractivity contribution in [3.05, 3.63) is 58.0 Å².